The van der Waals surface area contributed by atoms with Gasteiger partial charge in [0.25, 0.3) is 0 Å². The van der Waals surface area contributed by atoms with Gasteiger partial charge in [0.2, 0.25) is 0 Å². The zero-order valence-corrected chi connectivity index (χ0v) is 7.10. The average Bonchev–Trinajstić information content (AvgIpc) is 2.56. The molecule has 0 amide bonds. The summed E-state index contributed by atoms with van der Waals surface area (Å²) in [7, 11) is 0. The molecule has 12 heavy (non-hydrogen) atoms. The van der Waals surface area contributed by atoms with Gasteiger partial charge < -0.3 is 0 Å². The topological polar surface area (TPSA) is 62.8 Å². The third-order valence-electron chi connectivity index (χ3n) is 0.996. The number of thiocarbonyl (C=S) groups is 1. The molecule has 0 aliphatic rings. The normalized spacial score (nSPS) is 9.33. The number of hydrogen-bond acceptors (Lipinski definition) is 4. The molecule has 0 unspecified atom stereocenters. The molecule has 0 saturated heterocycles. The Kier molecular flexibility index (Phi) is 3.36. The van der Waals surface area contributed by atoms with E-state index < -0.39 is 0 Å². The molecule has 6 heteroatoms. The summed E-state index contributed by atoms with van der Waals surface area (Å²) in [5, 5.41) is 6.23. The molecular weight excluding hydrogens is 176 g/mol. The molecule has 1 aromatic rings. The molecule has 2 N–H and O–H groups in total. The van der Waals surface area contributed by atoms with Crippen LogP contribution in [0.4, 0.5) is 0 Å². The van der Waals surface area contributed by atoms with E-state index in [0.29, 0.717) is 17.4 Å². The van der Waals surface area contributed by atoms with Crippen LogP contribution in [0.5, 0.6) is 0 Å². The summed E-state index contributed by atoms with van der Waals surface area (Å²) >= 11 is 4.88. The molecule has 0 spiro atoms. The van der Waals surface area contributed by atoms with Crippen molar-refractivity contribution >= 4 is 17.2 Å². The number of H-pyrrole nitrogens is 1. The standard InChI is InChI=1S/C6H8N4OS/c1-2-3-11-10-6(12)5-7-4-8-9-5/h2,4H,1,3H2,(H,10,12)(H,7,8,9). The highest BCUT2D eigenvalue weighted by Gasteiger charge is 2.01. The Morgan fingerprint density at radius 3 is 3.33 bits per heavy atom. The van der Waals surface area contributed by atoms with E-state index in [0.717, 1.165) is 0 Å². The third-order valence-corrected chi connectivity index (χ3v) is 1.27. The molecule has 0 saturated carbocycles. The van der Waals surface area contributed by atoms with Crippen LogP contribution >= 0.6 is 12.2 Å². The molecule has 0 bridgehead atoms. The van der Waals surface area contributed by atoms with Crippen LogP contribution < -0.4 is 5.48 Å². The summed E-state index contributed by atoms with van der Waals surface area (Å²) in [4.78, 5) is 9.06. The SMILES string of the molecule is C=CCONC(=S)c1ncn[nH]1. The van der Waals surface area contributed by atoms with Crippen molar-refractivity contribution in [3.05, 3.63) is 24.8 Å². The Labute approximate surface area is 74.8 Å². The Morgan fingerprint density at radius 2 is 2.75 bits per heavy atom. The Hall–Kier alpha value is -1.27. The van der Waals surface area contributed by atoms with Gasteiger partial charge >= 0.3 is 0 Å². The van der Waals surface area contributed by atoms with E-state index in [-0.39, 0.29) is 0 Å². The highest BCUT2D eigenvalue weighted by molar-refractivity contribution is 7.80. The van der Waals surface area contributed by atoms with Crippen molar-refractivity contribution in [2.24, 2.45) is 0 Å². The van der Waals surface area contributed by atoms with Gasteiger partial charge in [-0.05, 0) is 0 Å². The number of nitrogens with zero attached hydrogens (tertiary/aromatic N) is 2. The molecule has 0 aliphatic carbocycles. The minimum absolute atomic E-state index is 0.370. The van der Waals surface area contributed by atoms with Gasteiger partial charge in [0.15, 0.2) is 10.8 Å². The molecular formula is C6H8N4OS. The fourth-order valence-electron chi connectivity index (χ4n) is 0.529. The maximum absolute atomic E-state index is 4.88. The number of aromatic nitrogens is 3. The molecule has 5 nitrogen and oxygen atoms in total. The highest BCUT2D eigenvalue weighted by atomic mass is 32.1. The lowest BCUT2D eigenvalue weighted by Gasteiger charge is -2.02. The first kappa shape index (κ1) is 8.82. The summed E-state index contributed by atoms with van der Waals surface area (Å²) in [5.74, 6) is 0.481. The van der Waals surface area contributed by atoms with Gasteiger partial charge in [-0.2, -0.15) is 5.10 Å². The molecule has 1 aromatic heterocycles. The summed E-state index contributed by atoms with van der Waals surface area (Å²) < 4.78 is 0. The summed E-state index contributed by atoms with van der Waals surface area (Å²) in [6.07, 6.45) is 2.98. The molecule has 0 radical (unpaired) electrons. The highest BCUT2D eigenvalue weighted by Crippen LogP contribution is 1.86. The van der Waals surface area contributed by atoms with Gasteiger partial charge in [0.05, 0.1) is 6.61 Å². The first-order chi connectivity index (χ1) is 5.84. The molecule has 0 atom stereocenters. The van der Waals surface area contributed by atoms with Crippen molar-refractivity contribution in [1.29, 1.82) is 0 Å². The lowest BCUT2D eigenvalue weighted by molar-refractivity contribution is 0.113. The lowest BCUT2D eigenvalue weighted by atomic mass is 10.6. The maximum Gasteiger partial charge on any atom is 0.185 e. The van der Waals surface area contributed by atoms with Crippen molar-refractivity contribution in [1.82, 2.24) is 20.7 Å². The second kappa shape index (κ2) is 4.58. The first-order valence-electron chi connectivity index (χ1n) is 3.23. The van der Waals surface area contributed by atoms with E-state index in [1.165, 1.54) is 6.33 Å². The fraction of sp³-hybridized carbons (Fsp3) is 0.167. The van der Waals surface area contributed by atoms with Crippen LogP contribution in [0, 0.1) is 0 Å². The van der Waals surface area contributed by atoms with Crippen LogP contribution in [0.3, 0.4) is 0 Å². The second-order valence-corrected chi connectivity index (χ2v) is 2.27. The van der Waals surface area contributed by atoms with Crippen molar-refractivity contribution in [2.45, 2.75) is 0 Å². The fourth-order valence-corrected chi connectivity index (χ4v) is 0.687. The van der Waals surface area contributed by atoms with Crippen molar-refractivity contribution < 1.29 is 4.84 Å². The van der Waals surface area contributed by atoms with E-state index in [9.17, 15) is 0 Å². The largest absolute Gasteiger partial charge is 0.271 e. The van der Waals surface area contributed by atoms with Crippen LogP contribution in [0.1, 0.15) is 5.82 Å². The lowest BCUT2D eigenvalue weighted by Crippen LogP contribution is -2.23. The van der Waals surface area contributed by atoms with E-state index >= 15 is 0 Å². The van der Waals surface area contributed by atoms with Crippen molar-refractivity contribution in [3.63, 3.8) is 0 Å². The molecule has 64 valence electrons. The molecule has 0 aliphatic heterocycles. The number of hydrogen-bond donors (Lipinski definition) is 2. The van der Waals surface area contributed by atoms with E-state index in [1.54, 1.807) is 6.08 Å². The molecule has 0 fully saturated rings. The van der Waals surface area contributed by atoms with E-state index in [2.05, 4.69) is 27.2 Å². The Bertz CT molecular complexity index is 259. The predicted octanol–water partition coefficient (Wildman–Crippen LogP) is 0.187. The Balaban J connectivity index is 2.34. The quantitative estimate of drug-likeness (QED) is 0.302. The van der Waals surface area contributed by atoms with Crippen LogP contribution in [-0.4, -0.2) is 26.8 Å². The molecule has 1 heterocycles. The van der Waals surface area contributed by atoms with Crippen LogP contribution in [0.2, 0.25) is 0 Å². The minimum atomic E-state index is 0.370. The minimum Gasteiger partial charge on any atom is -0.271 e. The van der Waals surface area contributed by atoms with Gasteiger partial charge in [-0.1, -0.05) is 18.3 Å². The number of aromatic amines is 1. The van der Waals surface area contributed by atoms with Crippen molar-refractivity contribution in [2.75, 3.05) is 6.61 Å². The first-order valence-corrected chi connectivity index (χ1v) is 3.64. The van der Waals surface area contributed by atoms with Gasteiger partial charge in [0.1, 0.15) is 6.33 Å². The number of rotatable bonds is 4. The van der Waals surface area contributed by atoms with Gasteiger partial charge in [0, 0.05) is 0 Å². The predicted molar refractivity (Wildman–Crippen MR) is 47.4 cm³/mol. The zero-order chi connectivity index (χ0) is 8.81. The van der Waals surface area contributed by atoms with Crippen LogP contribution in [-0.2, 0) is 4.84 Å². The third kappa shape index (κ3) is 2.40. The van der Waals surface area contributed by atoms with Gasteiger partial charge in [-0.25, -0.2) is 4.98 Å². The van der Waals surface area contributed by atoms with Gasteiger partial charge in [-0.3, -0.25) is 15.4 Å². The van der Waals surface area contributed by atoms with E-state index in [4.69, 9.17) is 17.1 Å². The maximum atomic E-state index is 4.88. The molecule has 0 aromatic carbocycles. The molecule has 1 rings (SSSR count). The van der Waals surface area contributed by atoms with Crippen LogP contribution in [0.15, 0.2) is 19.0 Å². The van der Waals surface area contributed by atoms with Gasteiger partial charge in [-0.15, -0.1) is 6.58 Å². The summed E-state index contributed by atoms with van der Waals surface area (Å²) in [6, 6.07) is 0. The van der Waals surface area contributed by atoms with Crippen LogP contribution in [0.25, 0.3) is 0 Å². The second-order valence-electron chi connectivity index (χ2n) is 1.86. The van der Waals surface area contributed by atoms with E-state index in [1.807, 2.05) is 0 Å². The van der Waals surface area contributed by atoms with Crippen molar-refractivity contribution in [3.8, 4) is 0 Å². The smallest absolute Gasteiger partial charge is 0.185 e. The zero-order valence-electron chi connectivity index (χ0n) is 6.28. The average molecular weight is 184 g/mol. The summed E-state index contributed by atoms with van der Waals surface area (Å²) in [5.41, 5.74) is 2.51. The number of hydroxylamine groups is 1. The monoisotopic (exact) mass is 184 g/mol. The number of nitrogens with one attached hydrogen (secondary N) is 2. The Morgan fingerprint density at radius 1 is 1.92 bits per heavy atom. The summed E-state index contributed by atoms with van der Waals surface area (Å²) in [6.45, 7) is 3.86.